The van der Waals surface area contributed by atoms with Crippen LogP contribution in [0.25, 0.3) is 0 Å². The highest BCUT2D eigenvalue weighted by Gasteiger charge is 2.28. The molecule has 1 N–H and O–H groups in total. The van der Waals surface area contributed by atoms with Crippen LogP contribution in [0, 0.1) is 0 Å². The van der Waals surface area contributed by atoms with Crippen molar-refractivity contribution in [2.24, 2.45) is 0 Å². The molecule has 0 spiro atoms. The third-order valence-corrected chi connectivity index (χ3v) is 5.16. The number of anilines is 1. The zero-order valence-corrected chi connectivity index (χ0v) is 15.5. The fourth-order valence-electron chi connectivity index (χ4n) is 3.72. The maximum absolute atomic E-state index is 12.5. The van der Waals surface area contributed by atoms with Gasteiger partial charge in [-0.3, -0.25) is 4.79 Å². The van der Waals surface area contributed by atoms with E-state index in [2.05, 4.69) is 11.0 Å². The number of piperidine rings is 1. The maximum atomic E-state index is 12.5. The number of para-hydroxylation sites is 1. The molecule has 0 atom stereocenters. The van der Waals surface area contributed by atoms with Gasteiger partial charge in [-0.1, -0.05) is 37.3 Å². The van der Waals surface area contributed by atoms with Crippen molar-refractivity contribution in [3.05, 3.63) is 60.2 Å². The second-order valence-corrected chi connectivity index (χ2v) is 6.95. The molecular formula is C22H28N2O2. The van der Waals surface area contributed by atoms with Crippen molar-refractivity contribution in [3.8, 4) is 5.75 Å². The molecule has 1 saturated heterocycles. The van der Waals surface area contributed by atoms with E-state index in [1.54, 1.807) is 6.07 Å². The summed E-state index contributed by atoms with van der Waals surface area (Å²) in [7, 11) is 0. The highest BCUT2D eigenvalue weighted by Crippen LogP contribution is 2.24. The van der Waals surface area contributed by atoms with Gasteiger partial charge in [-0.25, -0.2) is 0 Å². The van der Waals surface area contributed by atoms with Crippen molar-refractivity contribution >= 4 is 11.6 Å². The molecule has 26 heavy (non-hydrogen) atoms. The van der Waals surface area contributed by atoms with E-state index in [1.807, 2.05) is 54.3 Å². The van der Waals surface area contributed by atoms with Gasteiger partial charge >= 0.3 is 0 Å². The zero-order chi connectivity index (χ0) is 18.4. The number of nitrogens with zero attached hydrogens (tertiary/aromatic N) is 2. The van der Waals surface area contributed by atoms with Crippen LogP contribution in [0.1, 0.15) is 31.7 Å². The Morgan fingerprint density at radius 3 is 2.50 bits per heavy atom. The number of amides is 1. The first-order chi connectivity index (χ1) is 12.7. The summed E-state index contributed by atoms with van der Waals surface area (Å²) in [6.07, 6.45) is 3.48. The number of hydrogen-bond donors (Lipinski definition) is 1. The highest BCUT2D eigenvalue weighted by atomic mass is 16.3. The largest absolute Gasteiger partial charge is 0.508 e. The number of phenolic OH excluding ortho intramolecular Hbond substituents is 1. The summed E-state index contributed by atoms with van der Waals surface area (Å²) in [5.41, 5.74) is 2.18. The van der Waals surface area contributed by atoms with Crippen molar-refractivity contribution in [2.45, 2.75) is 38.6 Å². The lowest BCUT2D eigenvalue weighted by molar-refractivity contribution is -0.119. The molecule has 1 aliphatic rings. The lowest BCUT2D eigenvalue weighted by Crippen LogP contribution is -2.47. The minimum Gasteiger partial charge on any atom is -0.508 e. The molecule has 2 aromatic rings. The Kier molecular flexibility index (Phi) is 6.29. The van der Waals surface area contributed by atoms with Crippen molar-refractivity contribution in [1.29, 1.82) is 0 Å². The number of likely N-dealkylation sites (tertiary alicyclic amines) is 1. The molecule has 0 aromatic heterocycles. The lowest BCUT2D eigenvalue weighted by Gasteiger charge is -2.38. The predicted octanol–water partition coefficient (Wildman–Crippen LogP) is 3.84. The molecule has 0 unspecified atom stereocenters. The first-order valence-corrected chi connectivity index (χ1v) is 9.54. The monoisotopic (exact) mass is 352 g/mol. The van der Waals surface area contributed by atoms with Gasteiger partial charge in [0.2, 0.25) is 5.91 Å². The van der Waals surface area contributed by atoms with E-state index >= 15 is 0 Å². The molecule has 0 aliphatic carbocycles. The van der Waals surface area contributed by atoms with E-state index in [9.17, 15) is 9.90 Å². The molecule has 1 fully saturated rings. The molecule has 1 heterocycles. The number of carbonyl (C=O) groups excluding carboxylic acids is 1. The number of hydrogen-bond acceptors (Lipinski definition) is 3. The van der Waals surface area contributed by atoms with Crippen molar-refractivity contribution < 1.29 is 9.90 Å². The van der Waals surface area contributed by atoms with Gasteiger partial charge in [0.1, 0.15) is 5.75 Å². The molecule has 4 nitrogen and oxygen atoms in total. The summed E-state index contributed by atoms with van der Waals surface area (Å²) in [6.45, 7) is 4.93. The molecule has 3 rings (SSSR count). The van der Waals surface area contributed by atoms with E-state index in [4.69, 9.17) is 0 Å². The van der Waals surface area contributed by atoms with Gasteiger partial charge in [0.15, 0.2) is 0 Å². The third kappa shape index (κ3) is 4.64. The fourth-order valence-corrected chi connectivity index (χ4v) is 3.72. The van der Waals surface area contributed by atoms with E-state index in [0.29, 0.717) is 12.2 Å². The Labute approximate surface area is 156 Å². The van der Waals surface area contributed by atoms with Crippen LogP contribution < -0.4 is 4.90 Å². The Balaban J connectivity index is 1.57. The van der Waals surface area contributed by atoms with E-state index in [-0.39, 0.29) is 11.9 Å². The van der Waals surface area contributed by atoms with Gasteiger partial charge in [0, 0.05) is 37.8 Å². The van der Waals surface area contributed by atoms with Crippen LogP contribution in [0.3, 0.4) is 0 Å². The number of carbonyl (C=O) groups is 1. The average molecular weight is 352 g/mol. The minimum atomic E-state index is 0.203. The van der Waals surface area contributed by atoms with E-state index < -0.39 is 0 Å². The second-order valence-electron chi connectivity index (χ2n) is 6.95. The van der Waals surface area contributed by atoms with Crippen molar-refractivity contribution in [2.75, 3.05) is 24.5 Å². The molecule has 2 aromatic carbocycles. The molecule has 0 bridgehead atoms. The summed E-state index contributed by atoms with van der Waals surface area (Å²) in [4.78, 5) is 17.0. The Morgan fingerprint density at radius 1 is 1.12 bits per heavy atom. The molecule has 0 saturated carbocycles. The van der Waals surface area contributed by atoms with Gasteiger partial charge in [-0.2, -0.15) is 0 Å². The van der Waals surface area contributed by atoms with Crippen LogP contribution in [-0.2, 0) is 11.2 Å². The van der Waals surface area contributed by atoms with Crippen LogP contribution in [0.2, 0.25) is 0 Å². The average Bonchev–Trinajstić information content (AvgIpc) is 2.68. The molecule has 1 aliphatic heterocycles. The Bertz CT molecular complexity index is 709. The summed E-state index contributed by atoms with van der Waals surface area (Å²) in [5.74, 6) is 0.534. The topological polar surface area (TPSA) is 43.8 Å². The Morgan fingerprint density at radius 2 is 1.85 bits per heavy atom. The maximum Gasteiger partial charge on any atom is 0.226 e. The van der Waals surface area contributed by atoms with Crippen LogP contribution in [0.5, 0.6) is 5.75 Å². The van der Waals surface area contributed by atoms with Crippen LogP contribution in [-0.4, -0.2) is 41.6 Å². The quantitative estimate of drug-likeness (QED) is 0.859. The predicted molar refractivity (Wildman–Crippen MR) is 105 cm³/mol. The highest BCUT2D eigenvalue weighted by molar-refractivity contribution is 5.93. The van der Waals surface area contributed by atoms with E-state index in [0.717, 1.165) is 44.6 Å². The summed E-state index contributed by atoms with van der Waals surface area (Å²) >= 11 is 0. The first kappa shape index (κ1) is 18.5. The number of aromatic hydroxyl groups is 1. The molecule has 4 heteroatoms. The first-order valence-electron chi connectivity index (χ1n) is 9.54. The smallest absolute Gasteiger partial charge is 0.226 e. The SMILES string of the molecule is CCC(=O)N(c1ccccc1)C1CCN(CCc2cccc(O)c2)CC1. The van der Waals surface area contributed by atoms with Crippen molar-refractivity contribution in [1.82, 2.24) is 4.90 Å². The van der Waals surface area contributed by atoms with Crippen molar-refractivity contribution in [3.63, 3.8) is 0 Å². The second kappa shape index (κ2) is 8.86. The number of phenols is 1. The normalized spacial score (nSPS) is 15.7. The Hall–Kier alpha value is -2.33. The van der Waals surface area contributed by atoms with Gasteiger partial charge in [-0.05, 0) is 49.1 Å². The standard InChI is InChI=1S/C22H28N2O2/c1-2-22(26)24(19-8-4-3-5-9-19)20-12-15-23(16-13-20)14-11-18-7-6-10-21(25)17-18/h3-10,17,20,25H,2,11-16H2,1H3. The molecule has 1 amide bonds. The molecular weight excluding hydrogens is 324 g/mol. The third-order valence-electron chi connectivity index (χ3n) is 5.16. The number of benzene rings is 2. The van der Waals surface area contributed by atoms with Gasteiger partial charge in [0.25, 0.3) is 0 Å². The fraction of sp³-hybridized carbons (Fsp3) is 0.409. The summed E-state index contributed by atoms with van der Waals surface area (Å²) in [6, 6.07) is 17.8. The van der Waals surface area contributed by atoms with Gasteiger partial charge in [0.05, 0.1) is 0 Å². The lowest BCUT2D eigenvalue weighted by atomic mass is 10.0. The van der Waals surface area contributed by atoms with E-state index in [1.165, 1.54) is 5.56 Å². The van der Waals surface area contributed by atoms with Gasteiger partial charge in [-0.15, -0.1) is 0 Å². The summed E-state index contributed by atoms with van der Waals surface area (Å²) in [5, 5.41) is 9.58. The minimum absolute atomic E-state index is 0.203. The van der Waals surface area contributed by atoms with Crippen LogP contribution in [0.4, 0.5) is 5.69 Å². The van der Waals surface area contributed by atoms with Crippen LogP contribution in [0.15, 0.2) is 54.6 Å². The van der Waals surface area contributed by atoms with Gasteiger partial charge < -0.3 is 14.9 Å². The summed E-state index contributed by atoms with van der Waals surface area (Å²) < 4.78 is 0. The van der Waals surface area contributed by atoms with Crippen LogP contribution >= 0.6 is 0 Å². The number of rotatable bonds is 6. The molecule has 138 valence electrons. The molecule has 0 radical (unpaired) electrons. The zero-order valence-electron chi connectivity index (χ0n) is 15.5.